The van der Waals surface area contributed by atoms with Gasteiger partial charge in [0.05, 0.1) is 19.8 Å². The molecular weight excluding hydrogens is 290 g/mol. The van der Waals surface area contributed by atoms with Crippen LogP contribution < -0.4 is 14.8 Å². The molecule has 2 aromatic rings. The molecule has 1 aromatic heterocycles. The average molecular weight is 315 g/mol. The summed E-state index contributed by atoms with van der Waals surface area (Å²) in [5.74, 6) is 3.56. The maximum absolute atomic E-state index is 6.13. The molecule has 124 valence electrons. The van der Waals surface area contributed by atoms with Crippen LogP contribution in [0, 0.1) is 6.92 Å². The minimum absolute atomic E-state index is 0.332. The summed E-state index contributed by atoms with van der Waals surface area (Å²) in [7, 11) is 1.69. The molecule has 1 saturated carbocycles. The van der Waals surface area contributed by atoms with Crippen molar-refractivity contribution in [2.45, 2.75) is 51.8 Å². The lowest BCUT2D eigenvalue weighted by Gasteiger charge is -2.17. The molecule has 1 aliphatic rings. The van der Waals surface area contributed by atoms with Crippen molar-refractivity contribution in [2.24, 2.45) is 0 Å². The molecule has 1 aromatic carbocycles. The quantitative estimate of drug-likeness (QED) is 0.831. The fourth-order valence-electron chi connectivity index (χ4n) is 3.02. The van der Waals surface area contributed by atoms with Gasteiger partial charge in [0.2, 0.25) is 0 Å². The smallest absolute Gasteiger partial charge is 0.161 e. The summed E-state index contributed by atoms with van der Waals surface area (Å²) in [5.41, 5.74) is 1.18. The minimum Gasteiger partial charge on any atom is -0.493 e. The van der Waals surface area contributed by atoms with Crippen molar-refractivity contribution in [3.8, 4) is 11.5 Å². The maximum atomic E-state index is 6.13. The SMILES string of the molecule is COc1ccc(CNCc2ccc(C)o2)cc1OC1CCCC1. The number of ether oxygens (including phenoxy) is 2. The van der Waals surface area contributed by atoms with E-state index in [0.717, 1.165) is 49.0 Å². The molecule has 23 heavy (non-hydrogen) atoms. The summed E-state index contributed by atoms with van der Waals surface area (Å²) in [6.07, 6.45) is 5.14. The predicted octanol–water partition coefficient (Wildman–Crippen LogP) is 4.21. The predicted molar refractivity (Wildman–Crippen MR) is 89.9 cm³/mol. The Balaban J connectivity index is 1.60. The Kier molecular flexibility index (Phi) is 5.23. The van der Waals surface area contributed by atoms with Crippen LogP contribution in [0.2, 0.25) is 0 Å². The summed E-state index contributed by atoms with van der Waals surface area (Å²) in [5, 5.41) is 3.40. The van der Waals surface area contributed by atoms with Gasteiger partial charge in [0.1, 0.15) is 11.5 Å². The molecule has 1 fully saturated rings. The zero-order chi connectivity index (χ0) is 16.1. The topological polar surface area (TPSA) is 43.6 Å². The number of methoxy groups -OCH3 is 1. The number of nitrogens with one attached hydrogen (secondary N) is 1. The van der Waals surface area contributed by atoms with Gasteiger partial charge in [0, 0.05) is 6.54 Å². The molecule has 0 aliphatic heterocycles. The van der Waals surface area contributed by atoms with Crippen LogP contribution in [0.15, 0.2) is 34.7 Å². The molecule has 1 N–H and O–H groups in total. The Hall–Kier alpha value is -1.94. The number of rotatable bonds is 7. The van der Waals surface area contributed by atoms with Gasteiger partial charge < -0.3 is 19.2 Å². The van der Waals surface area contributed by atoms with E-state index >= 15 is 0 Å². The lowest BCUT2D eigenvalue weighted by atomic mass is 10.2. The third-order valence-corrected chi connectivity index (χ3v) is 4.25. The van der Waals surface area contributed by atoms with Crippen molar-refractivity contribution in [1.82, 2.24) is 5.32 Å². The summed E-state index contributed by atoms with van der Waals surface area (Å²) in [4.78, 5) is 0. The molecule has 0 unspecified atom stereocenters. The van der Waals surface area contributed by atoms with Crippen LogP contribution in [0.1, 0.15) is 42.8 Å². The van der Waals surface area contributed by atoms with E-state index < -0.39 is 0 Å². The van der Waals surface area contributed by atoms with Crippen LogP contribution in [-0.4, -0.2) is 13.2 Å². The Labute approximate surface area is 137 Å². The Bertz CT molecular complexity index is 629. The van der Waals surface area contributed by atoms with Crippen LogP contribution >= 0.6 is 0 Å². The third kappa shape index (κ3) is 4.29. The number of hydrogen-bond acceptors (Lipinski definition) is 4. The Morgan fingerprint density at radius 3 is 2.61 bits per heavy atom. The third-order valence-electron chi connectivity index (χ3n) is 4.25. The van der Waals surface area contributed by atoms with E-state index in [1.807, 2.05) is 25.1 Å². The molecule has 1 heterocycles. The maximum Gasteiger partial charge on any atom is 0.161 e. The molecule has 4 nitrogen and oxygen atoms in total. The average Bonchev–Trinajstić information content (AvgIpc) is 3.20. The van der Waals surface area contributed by atoms with Gasteiger partial charge in [-0.25, -0.2) is 0 Å². The largest absolute Gasteiger partial charge is 0.493 e. The van der Waals surface area contributed by atoms with E-state index in [9.17, 15) is 0 Å². The van der Waals surface area contributed by atoms with Crippen molar-refractivity contribution in [1.29, 1.82) is 0 Å². The van der Waals surface area contributed by atoms with Crippen LogP contribution in [0.5, 0.6) is 11.5 Å². The van der Waals surface area contributed by atoms with Crippen molar-refractivity contribution >= 4 is 0 Å². The van der Waals surface area contributed by atoms with Gasteiger partial charge in [0.15, 0.2) is 11.5 Å². The number of aryl methyl sites for hydroxylation is 1. The van der Waals surface area contributed by atoms with Crippen molar-refractivity contribution in [3.63, 3.8) is 0 Å². The van der Waals surface area contributed by atoms with Gasteiger partial charge in [-0.2, -0.15) is 0 Å². The number of hydrogen-bond donors (Lipinski definition) is 1. The van der Waals surface area contributed by atoms with Gasteiger partial charge in [-0.05, 0) is 62.4 Å². The van der Waals surface area contributed by atoms with E-state index in [0.29, 0.717) is 6.10 Å². The fraction of sp³-hybridized carbons (Fsp3) is 0.474. The van der Waals surface area contributed by atoms with Crippen LogP contribution in [0.3, 0.4) is 0 Å². The van der Waals surface area contributed by atoms with E-state index in [-0.39, 0.29) is 0 Å². The highest BCUT2D eigenvalue weighted by molar-refractivity contribution is 5.43. The molecule has 0 atom stereocenters. The Morgan fingerprint density at radius 1 is 1.09 bits per heavy atom. The summed E-state index contributed by atoms with van der Waals surface area (Å²) >= 11 is 0. The van der Waals surface area contributed by atoms with Crippen LogP contribution in [-0.2, 0) is 13.1 Å². The molecule has 1 aliphatic carbocycles. The number of furan rings is 1. The molecule has 4 heteroatoms. The van der Waals surface area contributed by atoms with E-state index in [1.165, 1.54) is 18.4 Å². The zero-order valence-corrected chi connectivity index (χ0v) is 13.9. The normalized spacial score (nSPS) is 15.0. The molecule has 0 bridgehead atoms. The molecule has 0 amide bonds. The molecule has 0 saturated heterocycles. The van der Waals surface area contributed by atoms with E-state index in [1.54, 1.807) is 7.11 Å². The second kappa shape index (κ2) is 7.55. The Morgan fingerprint density at radius 2 is 1.91 bits per heavy atom. The highest BCUT2D eigenvalue weighted by atomic mass is 16.5. The lowest BCUT2D eigenvalue weighted by Crippen LogP contribution is -2.14. The molecule has 3 rings (SSSR count). The summed E-state index contributed by atoms with van der Waals surface area (Å²) in [6, 6.07) is 10.1. The van der Waals surface area contributed by atoms with Crippen molar-refractivity contribution in [2.75, 3.05) is 7.11 Å². The molecular formula is C19H25NO3. The van der Waals surface area contributed by atoms with E-state index in [4.69, 9.17) is 13.9 Å². The second-order valence-corrected chi connectivity index (χ2v) is 6.13. The lowest BCUT2D eigenvalue weighted by molar-refractivity contribution is 0.200. The summed E-state index contributed by atoms with van der Waals surface area (Å²) in [6.45, 7) is 3.45. The highest BCUT2D eigenvalue weighted by Crippen LogP contribution is 2.32. The monoisotopic (exact) mass is 315 g/mol. The van der Waals surface area contributed by atoms with Crippen LogP contribution in [0.25, 0.3) is 0 Å². The molecule has 0 spiro atoms. The van der Waals surface area contributed by atoms with Gasteiger partial charge >= 0.3 is 0 Å². The first-order chi connectivity index (χ1) is 11.2. The van der Waals surface area contributed by atoms with E-state index in [2.05, 4.69) is 17.4 Å². The van der Waals surface area contributed by atoms with Gasteiger partial charge in [0.25, 0.3) is 0 Å². The first-order valence-electron chi connectivity index (χ1n) is 8.34. The zero-order valence-electron chi connectivity index (χ0n) is 13.9. The highest BCUT2D eigenvalue weighted by Gasteiger charge is 2.18. The van der Waals surface area contributed by atoms with Crippen LogP contribution in [0.4, 0.5) is 0 Å². The first-order valence-corrected chi connectivity index (χ1v) is 8.34. The fourth-order valence-corrected chi connectivity index (χ4v) is 3.02. The van der Waals surface area contributed by atoms with Gasteiger partial charge in [-0.3, -0.25) is 0 Å². The number of benzene rings is 1. The molecule has 0 radical (unpaired) electrons. The summed E-state index contributed by atoms with van der Waals surface area (Å²) < 4.78 is 17.1. The minimum atomic E-state index is 0.332. The van der Waals surface area contributed by atoms with Crippen molar-refractivity contribution < 1.29 is 13.9 Å². The standard InChI is InChI=1S/C19H25NO3/c1-14-7-9-17(22-14)13-20-12-15-8-10-18(21-2)19(11-15)23-16-5-3-4-6-16/h7-11,16,20H,3-6,12-13H2,1-2H3. The van der Waals surface area contributed by atoms with Gasteiger partial charge in [-0.15, -0.1) is 0 Å². The first kappa shape index (κ1) is 15.9. The second-order valence-electron chi connectivity index (χ2n) is 6.13. The van der Waals surface area contributed by atoms with Crippen molar-refractivity contribution in [3.05, 3.63) is 47.4 Å². The van der Waals surface area contributed by atoms with Gasteiger partial charge in [-0.1, -0.05) is 6.07 Å².